The minimum absolute atomic E-state index is 0.0455. The van der Waals surface area contributed by atoms with Gasteiger partial charge in [-0.15, -0.1) is 0 Å². The molecule has 0 spiro atoms. The van der Waals surface area contributed by atoms with Crippen molar-refractivity contribution in [1.82, 2.24) is 10.6 Å². The average Bonchev–Trinajstić information content (AvgIpc) is 2.80. The summed E-state index contributed by atoms with van der Waals surface area (Å²) in [6.07, 6.45) is 2.34. The van der Waals surface area contributed by atoms with Gasteiger partial charge < -0.3 is 20.1 Å². The maximum Gasteiger partial charge on any atom is 0.240 e. The third kappa shape index (κ3) is 3.18. The Bertz CT molecular complexity index is 248. The van der Waals surface area contributed by atoms with Crippen LogP contribution in [-0.4, -0.2) is 44.5 Å². The van der Waals surface area contributed by atoms with Crippen molar-refractivity contribution in [1.29, 1.82) is 0 Å². The van der Waals surface area contributed by atoms with Crippen LogP contribution in [0.25, 0.3) is 0 Å². The predicted molar refractivity (Wildman–Crippen MR) is 65.7 cm³/mol. The fourth-order valence-electron chi connectivity index (χ4n) is 2.38. The van der Waals surface area contributed by atoms with Crippen LogP contribution in [0.15, 0.2) is 0 Å². The monoisotopic (exact) mass is 244 g/mol. The normalized spacial score (nSPS) is 26.2. The van der Waals surface area contributed by atoms with E-state index in [1.54, 1.807) is 14.2 Å². The zero-order valence-electron chi connectivity index (χ0n) is 11.2. The Morgan fingerprint density at radius 1 is 1.47 bits per heavy atom. The van der Waals surface area contributed by atoms with E-state index in [1.807, 2.05) is 13.8 Å². The van der Waals surface area contributed by atoms with Crippen LogP contribution in [0.4, 0.5) is 0 Å². The third-order valence-corrected chi connectivity index (χ3v) is 3.51. The highest BCUT2D eigenvalue weighted by Gasteiger charge is 2.40. The van der Waals surface area contributed by atoms with Crippen molar-refractivity contribution in [3.05, 3.63) is 0 Å². The van der Waals surface area contributed by atoms with Crippen molar-refractivity contribution in [2.45, 2.75) is 51.0 Å². The minimum atomic E-state index is -0.408. The minimum Gasteiger partial charge on any atom is -0.354 e. The summed E-state index contributed by atoms with van der Waals surface area (Å²) in [5.41, 5.74) is -0.402. The van der Waals surface area contributed by atoms with Crippen molar-refractivity contribution in [2.75, 3.05) is 20.8 Å². The van der Waals surface area contributed by atoms with Gasteiger partial charge in [0.05, 0.1) is 11.6 Å². The standard InChI is InChI=1S/C12H24N2O3/c1-5-12(7-6-8-13-12)11(15)14-9(2)10(16-3)17-4/h9-10,13H,5-8H2,1-4H3,(H,14,15). The molecule has 1 heterocycles. The van der Waals surface area contributed by atoms with Crippen LogP contribution >= 0.6 is 0 Å². The van der Waals surface area contributed by atoms with Crippen LogP contribution in [0.2, 0.25) is 0 Å². The van der Waals surface area contributed by atoms with E-state index in [1.165, 1.54) is 0 Å². The molecular weight excluding hydrogens is 220 g/mol. The molecule has 0 saturated carbocycles. The second kappa shape index (κ2) is 6.33. The molecular formula is C12H24N2O3. The number of methoxy groups -OCH3 is 2. The first-order valence-corrected chi connectivity index (χ1v) is 6.21. The zero-order valence-corrected chi connectivity index (χ0v) is 11.2. The number of carbonyl (C=O) groups is 1. The van der Waals surface area contributed by atoms with Gasteiger partial charge in [-0.3, -0.25) is 4.79 Å². The molecule has 0 aromatic heterocycles. The van der Waals surface area contributed by atoms with E-state index >= 15 is 0 Å². The van der Waals surface area contributed by atoms with Gasteiger partial charge in [-0.2, -0.15) is 0 Å². The summed E-state index contributed by atoms with van der Waals surface area (Å²) in [7, 11) is 3.14. The van der Waals surface area contributed by atoms with Gasteiger partial charge in [-0.25, -0.2) is 0 Å². The third-order valence-electron chi connectivity index (χ3n) is 3.51. The Morgan fingerprint density at radius 2 is 2.12 bits per heavy atom. The van der Waals surface area contributed by atoms with Gasteiger partial charge in [0.1, 0.15) is 0 Å². The predicted octanol–water partition coefficient (Wildman–Crippen LogP) is 0.642. The second-order valence-electron chi connectivity index (χ2n) is 4.57. The summed E-state index contributed by atoms with van der Waals surface area (Å²) in [5, 5.41) is 6.27. The number of ether oxygens (including phenoxy) is 2. The summed E-state index contributed by atoms with van der Waals surface area (Å²) in [5.74, 6) is 0.0455. The van der Waals surface area contributed by atoms with Crippen LogP contribution in [0.3, 0.4) is 0 Å². The molecule has 0 aromatic rings. The molecule has 2 N–H and O–H groups in total. The zero-order chi connectivity index (χ0) is 12.9. The summed E-state index contributed by atoms with van der Waals surface area (Å²) in [4.78, 5) is 12.3. The van der Waals surface area contributed by atoms with Gasteiger partial charge in [-0.05, 0) is 32.7 Å². The highest BCUT2D eigenvalue weighted by atomic mass is 16.7. The molecule has 1 fully saturated rings. The maximum atomic E-state index is 12.3. The Morgan fingerprint density at radius 3 is 2.53 bits per heavy atom. The lowest BCUT2D eigenvalue weighted by molar-refractivity contribution is -0.140. The van der Waals surface area contributed by atoms with Crippen LogP contribution in [0.5, 0.6) is 0 Å². The van der Waals surface area contributed by atoms with E-state index < -0.39 is 11.8 Å². The first-order valence-electron chi connectivity index (χ1n) is 6.21. The molecule has 17 heavy (non-hydrogen) atoms. The van der Waals surface area contributed by atoms with E-state index in [0.29, 0.717) is 0 Å². The van der Waals surface area contributed by atoms with Gasteiger partial charge >= 0.3 is 0 Å². The molecule has 100 valence electrons. The fourth-order valence-corrected chi connectivity index (χ4v) is 2.38. The molecule has 2 atom stereocenters. The van der Waals surface area contributed by atoms with Crippen molar-refractivity contribution >= 4 is 5.91 Å². The second-order valence-corrected chi connectivity index (χ2v) is 4.57. The maximum absolute atomic E-state index is 12.3. The van der Waals surface area contributed by atoms with Crippen molar-refractivity contribution in [2.24, 2.45) is 0 Å². The van der Waals surface area contributed by atoms with Crippen LogP contribution in [0, 0.1) is 0 Å². The summed E-state index contributed by atoms with van der Waals surface area (Å²) in [6.45, 7) is 4.83. The highest BCUT2D eigenvalue weighted by Crippen LogP contribution is 2.23. The van der Waals surface area contributed by atoms with Crippen LogP contribution in [-0.2, 0) is 14.3 Å². The molecule has 0 aliphatic carbocycles. The largest absolute Gasteiger partial charge is 0.354 e. The smallest absolute Gasteiger partial charge is 0.240 e. The highest BCUT2D eigenvalue weighted by molar-refractivity contribution is 5.86. The topological polar surface area (TPSA) is 59.6 Å². The Hall–Kier alpha value is -0.650. The van der Waals surface area contributed by atoms with E-state index in [0.717, 1.165) is 25.8 Å². The molecule has 0 bridgehead atoms. The Kier molecular flexibility index (Phi) is 5.36. The van der Waals surface area contributed by atoms with Crippen LogP contribution in [0.1, 0.15) is 33.1 Å². The molecule has 0 aromatic carbocycles. The lowest BCUT2D eigenvalue weighted by Crippen LogP contribution is -2.57. The summed E-state index contributed by atoms with van der Waals surface area (Å²) >= 11 is 0. The molecule has 1 aliphatic rings. The van der Waals surface area contributed by atoms with E-state index in [9.17, 15) is 4.79 Å². The number of rotatable bonds is 6. The molecule has 5 heteroatoms. The van der Waals surface area contributed by atoms with Gasteiger partial charge in [-0.1, -0.05) is 6.92 Å². The first-order chi connectivity index (χ1) is 8.09. The fraction of sp³-hybridized carbons (Fsp3) is 0.917. The Labute approximate surface area is 103 Å². The lowest BCUT2D eigenvalue weighted by atomic mass is 9.93. The molecule has 1 rings (SSSR count). The molecule has 2 unspecified atom stereocenters. The van der Waals surface area contributed by atoms with Crippen molar-refractivity contribution in [3.63, 3.8) is 0 Å². The molecule has 0 radical (unpaired) electrons. The van der Waals surface area contributed by atoms with Crippen LogP contribution < -0.4 is 10.6 Å². The summed E-state index contributed by atoms with van der Waals surface area (Å²) < 4.78 is 10.3. The number of hydrogen-bond acceptors (Lipinski definition) is 4. The SMILES string of the molecule is CCC1(C(=O)NC(C)C(OC)OC)CCCN1. The number of nitrogens with one attached hydrogen (secondary N) is 2. The van der Waals surface area contributed by atoms with Gasteiger partial charge in [0.2, 0.25) is 5.91 Å². The number of amides is 1. The summed E-state index contributed by atoms with van der Waals surface area (Å²) in [6, 6.07) is -0.164. The van der Waals surface area contributed by atoms with E-state index in [2.05, 4.69) is 10.6 Å². The van der Waals surface area contributed by atoms with E-state index in [4.69, 9.17) is 9.47 Å². The molecule has 1 saturated heterocycles. The molecule has 1 amide bonds. The average molecular weight is 244 g/mol. The van der Waals surface area contributed by atoms with Gasteiger partial charge in [0.15, 0.2) is 6.29 Å². The molecule has 1 aliphatic heterocycles. The number of carbonyl (C=O) groups excluding carboxylic acids is 1. The van der Waals surface area contributed by atoms with Crippen molar-refractivity contribution in [3.8, 4) is 0 Å². The molecule has 5 nitrogen and oxygen atoms in total. The number of hydrogen-bond donors (Lipinski definition) is 2. The van der Waals surface area contributed by atoms with Crippen molar-refractivity contribution < 1.29 is 14.3 Å². The van der Waals surface area contributed by atoms with Gasteiger partial charge in [0.25, 0.3) is 0 Å². The lowest BCUT2D eigenvalue weighted by Gasteiger charge is -2.30. The van der Waals surface area contributed by atoms with E-state index in [-0.39, 0.29) is 11.9 Å². The first kappa shape index (κ1) is 14.4. The van der Waals surface area contributed by atoms with Gasteiger partial charge in [0, 0.05) is 14.2 Å². The quantitative estimate of drug-likeness (QED) is 0.673. The Balaban J connectivity index is 2.58.